The van der Waals surface area contributed by atoms with Crippen molar-refractivity contribution in [1.82, 2.24) is 39.0 Å². The second-order valence-corrected chi connectivity index (χ2v) is 10.0. The van der Waals surface area contributed by atoms with Crippen molar-refractivity contribution >= 4 is 68.7 Å². The Labute approximate surface area is 247 Å². The first-order chi connectivity index (χ1) is 19.3. The zero-order valence-corrected chi connectivity index (χ0v) is 24.0. The molecule has 0 saturated carbocycles. The quantitative estimate of drug-likeness (QED) is 0.151. The molecule has 0 aliphatic heterocycles. The molecule has 0 fully saturated rings. The van der Waals surface area contributed by atoms with Crippen molar-refractivity contribution in [2.45, 2.75) is 13.1 Å². The number of hydrogen-bond acceptors (Lipinski definition) is 8. The summed E-state index contributed by atoms with van der Waals surface area (Å²) < 4.78 is 14.6. The Bertz CT molecular complexity index is 1770. The lowest BCUT2D eigenvalue weighted by atomic mass is 10.2. The van der Waals surface area contributed by atoms with Crippen molar-refractivity contribution in [1.29, 1.82) is 0 Å². The van der Waals surface area contributed by atoms with Gasteiger partial charge in [0.1, 0.15) is 22.5 Å². The Hall–Kier alpha value is -3.70. The Morgan fingerprint density at radius 1 is 0.600 bits per heavy atom. The van der Waals surface area contributed by atoms with E-state index in [1.165, 1.54) is 0 Å². The van der Waals surface area contributed by atoms with E-state index in [1.54, 1.807) is 14.2 Å². The minimum absolute atomic E-state index is 0.0126. The first-order valence-electron chi connectivity index (χ1n) is 11.8. The molecular formula is C26H18Cl4N8O2. The van der Waals surface area contributed by atoms with E-state index in [0.717, 1.165) is 11.1 Å². The lowest BCUT2D eigenvalue weighted by Crippen LogP contribution is -2.09. The maximum Gasteiger partial charge on any atom is 0.225 e. The molecule has 14 heteroatoms. The summed E-state index contributed by atoms with van der Waals surface area (Å²) in [5.41, 5.74) is 3.42. The van der Waals surface area contributed by atoms with Crippen molar-refractivity contribution in [3.63, 3.8) is 0 Å². The van der Waals surface area contributed by atoms with E-state index in [2.05, 4.69) is 19.9 Å². The molecule has 2 aromatic carbocycles. The molecule has 10 nitrogen and oxygen atoms in total. The smallest absolute Gasteiger partial charge is 0.225 e. The summed E-state index contributed by atoms with van der Waals surface area (Å²) >= 11 is 25.4. The number of halogens is 4. The van der Waals surface area contributed by atoms with Crippen LogP contribution in [0.1, 0.15) is 11.1 Å². The van der Waals surface area contributed by atoms with E-state index in [1.807, 2.05) is 57.7 Å². The molecule has 6 rings (SSSR count). The lowest BCUT2D eigenvalue weighted by molar-refractivity contribution is 0.414. The van der Waals surface area contributed by atoms with Crippen LogP contribution in [0.3, 0.4) is 0 Å². The molecule has 0 spiro atoms. The summed E-state index contributed by atoms with van der Waals surface area (Å²) in [5, 5.41) is 0.191. The van der Waals surface area contributed by atoms with Gasteiger partial charge in [0, 0.05) is 0 Å². The van der Waals surface area contributed by atoms with Gasteiger partial charge in [-0.15, -0.1) is 0 Å². The van der Waals surface area contributed by atoms with E-state index in [0.29, 0.717) is 58.6 Å². The highest BCUT2D eigenvalue weighted by molar-refractivity contribution is 6.36. The zero-order chi connectivity index (χ0) is 28.0. The largest absolute Gasteiger partial charge is 0.497 e. The van der Waals surface area contributed by atoms with Crippen molar-refractivity contribution in [3.8, 4) is 23.1 Å². The molecule has 202 valence electrons. The van der Waals surface area contributed by atoms with Crippen LogP contribution >= 0.6 is 46.4 Å². The van der Waals surface area contributed by atoms with Crippen molar-refractivity contribution in [2.24, 2.45) is 0 Å². The molecule has 0 unspecified atom stereocenters. The minimum atomic E-state index is -0.0126. The van der Waals surface area contributed by atoms with Gasteiger partial charge in [0.05, 0.1) is 27.3 Å². The van der Waals surface area contributed by atoms with Gasteiger partial charge in [0.2, 0.25) is 10.6 Å². The van der Waals surface area contributed by atoms with E-state index < -0.39 is 0 Å². The molecule has 4 aromatic heterocycles. The highest BCUT2D eigenvalue weighted by Crippen LogP contribution is 2.33. The molecule has 0 N–H and O–H groups in total. The van der Waals surface area contributed by atoms with Crippen LogP contribution in [0.4, 0.5) is 0 Å². The van der Waals surface area contributed by atoms with E-state index in [-0.39, 0.29) is 20.9 Å². The topological polar surface area (TPSA) is 106 Å². The van der Waals surface area contributed by atoms with Gasteiger partial charge in [0.15, 0.2) is 33.2 Å². The van der Waals surface area contributed by atoms with Gasteiger partial charge < -0.3 is 18.6 Å². The number of ether oxygens (including phenoxy) is 2. The summed E-state index contributed by atoms with van der Waals surface area (Å²) in [4.78, 5) is 26.7. The van der Waals surface area contributed by atoms with Gasteiger partial charge in [-0.2, -0.15) is 9.97 Å². The predicted molar refractivity (Wildman–Crippen MR) is 154 cm³/mol. The molecule has 0 atom stereocenters. The molecule has 0 saturated heterocycles. The predicted octanol–water partition coefficient (Wildman–Crippen LogP) is 6.36. The van der Waals surface area contributed by atoms with Crippen LogP contribution in [0.5, 0.6) is 11.5 Å². The number of imidazole rings is 2. The monoisotopic (exact) mass is 614 g/mol. The Morgan fingerprint density at radius 2 is 1.02 bits per heavy atom. The number of fused-ring (bicyclic) bond motifs is 2. The third kappa shape index (κ3) is 4.88. The van der Waals surface area contributed by atoms with E-state index in [9.17, 15) is 0 Å². The van der Waals surface area contributed by atoms with Gasteiger partial charge in [-0.3, -0.25) is 0 Å². The van der Waals surface area contributed by atoms with Gasteiger partial charge in [-0.05, 0) is 58.6 Å². The van der Waals surface area contributed by atoms with Crippen LogP contribution in [0.15, 0.2) is 48.5 Å². The number of aromatic nitrogens is 8. The second-order valence-electron chi connectivity index (χ2n) is 8.66. The van der Waals surface area contributed by atoms with Gasteiger partial charge in [-0.25, -0.2) is 19.9 Å². The molecule has 0 aliphatic carbocycles. The van der Waals surface area contributed by atoms with Crippen LogP contribution in [0.25, 0.3) is 34.0 Å². The normalized spacial score (nSPS) is 11.4. The summed E-state index contributed by atoms with van der Waals surface area (Å²) in [6.07, 6.45) is 0. The van der Waals surface area contributed by atoms with Crippen LogP contribution < -0.4 is 9.47 Å². The SMILES string of the molecule is COc1cccc(Cn2c(-c3nc4c(Cl)nc(Cl)nc4n3Cc3cccc(OC)c3)nc3c(Cl)nc(Cl)nc32)c1. The fourth-order valence-corrected chi connectivity index (χ4v) is 5.26. The fourth-order valence-electron chi connectivity index (χ4n) is 4.43. The van der Waals surface area contributed by atoms with Gasteiger partial charge >= 0.3 is 0 Å². The molecule has 6 aromatic rings. The zero-order valence-electron chi connectivity index (χ0n) is 20.9. The Kier molecular flexibility index (Phi) is 7.09. The highest BCUT2D eigenvalue weighted by Gasteiger charge is 2.25. The molecule has 0 aliphatic rings. The lowest BCUT2D eigenvalue weighted by Gasteiger charge is -2.12. The standard InChI is InChI=1S/C26H18Cl4N8O2/c1-39-15-7-3-5-13(9-15)11-37-21-17(19(27)33-25(29)35-21)31-23(37)24-32-18-20(28)34-26(30)36-22(18)38(24)12-14-6-4-8-16(10-14)40-2/h3-10H,11-12H2,1-2H3. The average molecular weight is 616 g/mol. The van der Waals surface area contributed by atoms with E-state index in [4.69, 9.17) is 65.8 Å². The molecule has 4 heterocycles. The Balaban J connectivity index is 1.62. The van der Waals surface area contributed by atoms with Crippen LogP contribution in [-0.2, 0) is 13.1 Å². The number of hydrogen-bond donors (Lipinski definition) is 0. The summed E-state index contributed by atoms with van der Waals surface area (Å²) in [5.74, 6) is 2.28. The van der Waals surface area contributed by atoms with Gasteiger partial charge in [-0.1, -0.05) is 47.5 Å². The molecule has 0 bridgehead atoms. The van der Waals surface area contributed by atoms with Gasteiger partial charge in [0.25, 0.3) is 0 Å². The molecule has 0 amide bonds. The summed E-state index contributed by atoms with van der Waals surface area (Å²) in [6.45, 7) is 0.685. The minimum Gasteiger partial charge on any atom is -0.497 e. The van der Waals surface area contributed by atoms with Crippen LogP contribution in [-0.4, -0.2) is 53.3 Å². The molecule has 0 radical (unpaired) electrons. The maximum atomic E-state index is 6.48. The van der Waals surface area contributed by atoms with E-state index >= 15 is 0 Å². The second kappa shape index (κ2) is 10.7. The van der Waals surface area contributed by atoms with Crippen LogP contribution in [0, 0.1) is 0 Å². The number of rotatable bonds is 7. The van der Waals surface area contributed by atoms with Crippen molar-refractivity contribution < 1.29 is 9.47 Å². The summed E-state index contributed by atoms with van der Waals surface area (Å²) in [7, 11) is 3.22. The summed E-state index contributed by atoms with van der Waals surface area (Å²) in [6, 6.07) is 15.3. The third-order valence-electron chi connectivity index (χ3n) is 6.20. The maximum absolute atomic E-state index is 6.48. The first-order valence-corrected chi connectivity index (χ1v) is 13.3. The van der Waals surface area contributed by atoms with Crippen LogP contribution in [0.2, 0.25) is 20.9 Å². The number of methoxy groups -OCH3 is 2. The average Bonchev–Trinajstić information content (AvgIpc) is 3.47. The molecule has 40 heavy (non-hydrogen) atoms. The molecular weight excluding hydrogens is 598 g/mol. The first kappa shape index (κ1) is 26.5. The third-order valence-corrected chi connectivity index (χ3v) is 7.06. The Morgan fingerprint density at radius 3 is 1.43 bits per heavy atom. The van der Waals surface area contributed by atoms with Crippen molar-refractivity contribution in [2.75, 3.05) is 14.2 Å². The number of benzene rings is 2. The highest BCUT2D eigenvalue weighted by atomic mass is 35.5. The fraction of sp³-hybridized carbons (Fsp3) is 0.154. The number of nitrogens with zero attached hydrogens (tertiary/aromatic N) is 8. The van der Waals surface area contributed by atoms with Crippen molar-refractivity contribution in [3.05, 3.63) is 80.5 Å².